The van der Waals surface area contributed by atoms with Gasteiger partial charge in [-0.3, -0.25) is 4.79 Å². The number of fused-ring (bicyclic) bond motifs is 1. The van der Waals surface area contributed by atoms with E-state index in [0.29, 0.717) is 0 Å². The molecule has 3 fully saturated rings. The lowest BCUT2D eigenvalue weighted by atomic mass is 9.97. The Hall–Kier alpha value is -5.88. The Balaban J connectivity index is 1.24. The minimum atomic E-state index is -2.13. The lowest BCUT2D eigenvalue weighted by molar-refractivity contribution is -0.358. The van der Waals surface area contributed by atoms with Gasteiger partial charge in [-0.25, -0.2) is 4.79 Å². The number of hydrogen-bond acceptors (Lipinski definition) is 25. The van der Waals surface area contributed by atoms with Gasteiger partial charge in [-0.05, 0) is 48.0 Å². The molecule has 3 aliphatic rings. The summed E-state index contributed by atoms with van der Waals surface area (Å²) in [6.07, 6.45) is -25.9. The lowest BCUT2D eigenvalue weighted by Gasteiger charge is -2.46. The second-order valence-electron chi connectivity index (χ2n) is 15.9. The zero-order chi connectivity index (χ0) is 50.0. The molecule has 376 valence electrons. The highest BCUT2D eigenvalue weighted by molar-refractivity contribution is 5.89. The number of phenolic OH excluding ortho intramolecular Hbond substituents is 3. The number of phenols is 3. The number of methoxy groups -OCH3 is 2. The van der Waals surface area contributed by atoms with Crippen molar-refractivity contribution in [3.05, 3.63) is 70.4 Å². The maximum absolute atomic E-state index is 14.5. The molecule has 3 saturated heterocycles. The standard InChI is InChI=1S/C44H50O25/c1-60-22-9-16(10-23(61-2)29(22)51)3-8-27(50)67-40-35(57)31(53)25(14-46)65-43(40)69-41-36(58)32(54)26(15-47)66-44(41)68-39-33(55)28-20(49)11-19(62-42-37(59)34(56)30(52)24(13-45)64-42)12-21(28)63-38(39)17-4-6-18(48)7-5-17/h3-12,24-26,30-32,34-37,40-49,51-54,56-59H,13-15H2,1-2H3/b8-3+/t24-,25-,26-,30-,31-,32-,34+,35+,36+,37-,40-,41-,42-,43+,44-/m1/s1. The normalized spacial score (nSPS) is 31.6. The van der Waals surface area contributed by atoms with Gasteiger partial charge < -0.3 is 113 Å². The monoisotopic (exact) mass is 978 g/mol. The molecule has 0 radical (unpaired) electrons. The molecule has 13 N–H and O–H groups in total. The van der Waals surface area contributed by atoms with Crippen LogP contribution in [0.4, 0.5) is 0 Å². The molecule has 3 aromatic carbocycles. The first kappa shape index (κ1) is 51.0. The van der Waals surface area contributed by atoms with Crippen LogP contribution >= 0.6 is 0 Å². The minimum Gasteiger partial charge on any atom is -0.508 e. The summed E-state index contributed by atoms with van der Waals surface area (Å²) in [6, 6.07) is 9.64. The van der Waals surface area contributed by atoms with Crippen molar-refractivity contribution in [3.63, 3.8) is 0 Å². The molecular formula is C44H50O25. The Morgan fingerprint density at radius 2 is 1.20 bits per heavy atom. The van der Waals surface area contributed by atoms with Crippen LogP contribution < -0.4 is 24.4 Å². The number of carbonyl (C=O) groups is 1. The van der Waals surface area contributed by atoms with Gasteiger partial charge in [-0.1, -0.05) is 0 Å². The molecule has 0 aliphatic carbocycles. The number of esters is 1. The number of aliphatic hydroxyl groups is 10. The smallest absolute Gasteiger partial charge is 0.331 e. The Morgan fingerprint density at radius 1 is 0.652 bits per heavy atom. The lowest BCUT2D eigenvalue weighted by Crippen LogP contribution is -2.65. The quantitative estimate of drug-likeness (QED) is 0.0418. The van der Waals surface area contributed by atoms with Gasteiger partial charge >= 0.3 is 5.97 Å². The fraction of sp³-hybridized carbons (Fsp3) is 0.455. The van der Waals surface area contributed by atoms with Gasteiger partial charge in [0.1, 0.15) is 89.3 Å². The predicted molar refractivity (Wildman–Crippen MR) is 227 cm³/mol. The van der Waals surface area contributed by atoms with Crippen molar-refractivity contribution in [1.29, 1.82) is 0 Å². The highest BCUT2D eigenvalue weighted by Gasteiger charge is 2.53. The minimum absolute atomic E-state index is 0.0110. The summed E-state index contributed by atoms with van der Waals surface area (Å²) in [5.41, 5.74) is -1.26. The van der Waals surface area contributed by atoms with Gasteiger partial charge in [0.05, 0.1) is 34.0 Å². The van der Waals surface area contributed by atoms with Crippen LogP contribution in [0.25, 0.3) is 28.4 Å². The summed E-state index contributed by atoms with van der Waals surface area (Å²) in [6.45, 7) is -2.67. The number of ether oxygens (including phenoxy) is 9. The highest BCUT2D eigenvalue weighted by Crippen LogP contribution is 2.40. The molecule has 0 spiro atoms. The molecular weight excluding hydrogens is 928 g/mol. The van der Waals surface area contributed by atoms with E-state index in [1.54, 1.807) is 0 Å². The van der Waals surface area contributed by atoms with E-state index in [1.165, 1.54) is 56.7 Å². The number of benzene rings is 3. The van der Waals surface area contributed by atoms with Gasteiger partial charge in [0.15, 0.2) is 35.8 Å². The van der Waals surface area contributed by atoms with Crippen LogP contribution in [0.2, 0.25) is 0 Å². The number of aliphatic hydroxyl groups excluding tert-OH is 10. The Bertz CT molecular complexity index is 2490. The number of aromatic hydroxyl groups is 3. The molecule has 0 saturated carbocycles. The third-order valence-corrected chi connectivity index (χ3v) is 11.5. The average Bonchev–Trinajstić information content (AvgIpc) is 3.33. The van der Waals surface area contributed by atoms with Crippen LogP contribution in [0, 0.1) is 0 Å². The molecule has 4 aromatic rings. The third-order valence-electron chi connectivity index (χ3n) is 11.5. The van der Waals surface area contributed by atoms with Crippen LogP contribution in [0.15, 0.2) is 63.8 Å². The van der Waals surface area contributed by atoms with Crippen LogP contribution in [-0.4, -0.2) is 199 Å². The molecule has 0 bridgehead atoms. The Labute approximate surface area is 388 Å². The van der Waals surface area contributed by atoms with E-state index in [2.05, 4.69) is 0 Å². The van der Waals surface area contributed by atoms with E-state index in [4.69, 9.17) is 47.0 Å². The topological polar surface area (TPSA) is 393 Å². The fourth-order valence-corrected chi connectivity index (χ4v) is 7.74. The van der Waals surface area contributed by atoms with Crippen molar-refractivity contribution in [3.8, 4) is 51.6 Å². The summed E-state index contributed by atoms with van der Waals surface area (Å²) in [4.78, 5) is 27.8. The maximum Gasteiger partial charge on any atom is 0.331 e. The van der Waals surface area contributed by atoms with Crippen molar-refractivity contribution in [2.24, 2.45) is 0 Å². The molecule has 0 amide bonds. The first-order valence-electron chi connectivity index (χ1n) is 20.9. The summed E-state index contributed by atoms with van der Waals surface area (Å²) in [7, 11) is 2.56. The van der Waals surface area contributed by atoms with Gasteiger partial charge in [-0.15, -0.1) is 0 Å². The average molecular weight is 979 g/mol. The molecule has 4 heterocycles. The molecule has 25 nitrogen and oxygen atoms in total. The van der Waals surface area contributed by atoms with E-state index in [9.17, 15) is 76.0 Å². The van der Waals surface area contributed by atoms with Crippen molar-refractivity contribution >= 4 is 23.0 Å². The SMILES string of the molecule is COc1cc(/C=C/C(=O)O[C@H]2[C@H](O[C@H]3[C@@H](Oc4c(-c5ccc(O)cc5)oc5cc(O[C@@H]6O[C@H](CO)[C@@H](O)[C@H](O)[C@H]6O)cc(O)c5c4=O)O[C@H](CO)[C@@H](O)[C@@H]3O)O[C@H](CO)[C@@H](O)[C@@H]2O)cc(OC)c1O. The molecule has 25 heteroatoms. The van der Waals surface area contributed by atoms with E-state index in [0.717, 1.165) is 18.2 Å². The maximum atomic E-state index is 14.5. The predicted octanol–water partition coefficient (Wildman–Crippen LogP) is -2.96. The largest absolute Gasteiger partial charge is 0.508 e. The molecule has 15 atom stereocenters. The second-order valence-corrected chi connectivity index (χ2v) is 15.9. The fourth-order valence-electron chi connectivity index (χ4n) is 7.74. The van der Waals surface area contributed by atoms with Gasteiger partial charge in [0.2, 0.25) is 29.5 Å². The van der Waals surface area contributed by atoms with E-state index in [1.807, 2.05) is 0 Å². The first-order valence-corrected chi connectivity index (χ1v) is 20.9. The van der Waals surface area contributed by atoms with Gasteiger partial charge in [0, 0.05) is 23.8 Å². The van der Waals surface area contributed by atoms with E-state index in [-0.39, 0.29) is 39.9 Å². The molecule has 1 aromatic heterocycles. The highest BCUT2D eigenvalue weighted by atomic mass is 16.8. The van der Waals surface area contributed by atoms with Crippen LogP contribution in [-0.2, 0) is 28.5 Å². The second kappa shape index (κ2) is 21.4. The van der Waals surface area contributed by atoms with Crippen molar-refractivity contribution in [2.45, 2.75) is 92.1 Å². The molecule has 0 unspecified atom stereocenters. The first-order chi connectivity index (χ1) is 32.9. The summed E-state index contributed by atoms with van der Waals surface area (Å²) in [5, 5.41) is 136. The zero-order valence-electron chi connectivity index (χ0n) is 36.3. The Kier molecular flexibility index (Phi) is 15.8. The van der Waals surface area contributed by atoms with Gasteiger partial charge in [0.25, 0.3) is 0 Å². The van der Waals surface area contributed by atoms with Crippen molar-refractivity contribution < 1.29 is 118 Å². The molecule has 69 heavy (non-hydrogen) atoms. The van der Waals surface area contributed by atoms with Gasteiger partial charge in [-0.2, -0.15) is 0 Å². The van der Waals surface area contributed by atoms with Crippen LogP contribution in [0.3, 0.4) is 0 Å². The van der Waals surface area contributed by atoms with Crippen molar-refractivity contribution in [1.82, 2.24) is 0 Å². The summed E-state index contributed by atoms with van der Waals surface area (Å²) >= 11 is 0. The van der Waals surface area contributed by atoms with E-state index >= 15 is 0 Å². The number of hydrogen-bond donors (Lipinski definition) is 13. The molecule has 7 rings (SSSR count). The zero-order valence-corrected chi connectivity index (χ0v) is 36.3. The summed E-state index contributed by atoms with van der Waals surface area (Å²) < 4.78 is 56.5. The summed E-state index contributed by atoms with van der Waals surface area (Å²) in [5.74, 6) is -4.14. The van der Waals surface area contributed by atoms with E-state index < -0.39 is 152 Å². The molecule has 3 aliphatic heterocycles. The number of rotatable bonds is 15. The van der Waals surface area contributed by atoms with Crippen LogP contribution in [0.5, 0.6) is 40.2 Å². The third kappa shape index (κ3) is 10.4. The Morgan fingerprint density at radius 3 is 1.78 bits per heavy atom. The van der Waals surface area contributed by atoms with Crippen LogP contribution in [0.1, 0.15) is 5.56 Å². The number of carbonyl (C=O) groups excluding carboxylic acids is 1. The van der Waals surface area contributed by atoms with Crippen molar-refractivity contribution in [2.75, 3.05) is 34.0 Å².